The minimum absolute atomic E-state index is 0.0278. The summed E-state index contributed by atoms with van der Waals surface area (Å²) in [5.74, 6) is -0.837. The normalized spacial score (nSPS) is 16.9. The van der Waals surface area contributed by atoms with Crippen LogP contribution in [0, 0.1) is 5.82 Å². The topological polar surface area (TPSA) is 66.5 Å². The molecule has 0 saturated carbocycles. The summed E-state index contributed by atoms with van der Waals surface area (Å²) in [6.45, 7) is 3.96. The standard InChI is InChI=1S/C17H16BrFN2O3S2/c1-10-9-21(11(2)22)16-8-13(4-6-17(16)25-10)26(23,24)20-15-5-3-12(18)7-14(15)19/h3-8,10,20H,9H2,1-2H3/t10-/m0/s1. The van der Waals surface area contributed by atoms with Crippen LogP contribution >= 0.6 is 27.7 Å². The van der Waals surface area contributed by atoms with Crippen LogP contribution in [0.1, 0.15) is 13.8 Å². The summed E-state index contributed by atoms with van der Waals surface area (Å²) in [6, 6.07) is 8.66. The highest BCUT2D eigenvalue weighted by atomic mass is 79.9. The van der Waals surface area contributed by atoms with Gasteiger partial charge in [0.25, 0.3) is 10.0 Å². The zero-order valence-corrected chi connectivity index (χ0v) is 17.2. The summed E-state index contributed by atoms with van der Waals surface area (Å²) in [5.41, 5.74) is 0.414. The molecule has 1 aliphatic heterocycles. The maximum atomic E-state index is 14.0. The number of carbonyl (C=O) groups is 1. The van der Waals surface area contributed by atoms with Crippen LogP contribution in [0.4, 0.5) is 15.8 Å². The third-order valence-electron chi connectivity index (χ3n) is 3.85. The number of carbonyl (C=O) groups excluding carboxylic acids is 1. The first kappa shape index (κ1) is 19.2. The second kappa shape index (κ2) is 7.21. The molecule has 0 bridgehead atoms. The Morgan fingerprint density at radius 3 is 2.69 bits per heavy atom. The average Bonchev–Trinajstić information content (AvgIpc) is 2.56. The van der Waals surface area contributed by atoms with E-state index in [1.165, 1.54) is 31.2 Å². The Hall–Kier alpha value is -1.58. The summed E-state index contributed by atoms with van der Waals surface area (Å²) in [6.07, 6.45) is 0. The van der Waals surface area contributed by atoms with Crippen molar-refractivity contribution in [3.8, 4) is 0 Å². The maximum absolute atomic E-state index is 14.0. The zero-order chi connectivity index (χ0) is 19.1. The van der Waals surface area contributed by atoms with Crippen molar-refractivity contribution in [1.29, 1.82) is 0 Å². The lowest BCUT2D eigenvalue weighted by molar-refractivity contribution is -0.116. The second-order valence-corrected chi connectivity index (χ2v) is 10.00. The van der Waals surface area contributed by atoms with Gasteiger partial charge in [0.15, 0.2) is 0 Å². The minimum Gasteiger partial charge on any atom is -0.310 e. The van der Waals surface area contributed by atoms with Crippen LogP contribution in [0.3, 0.4) is 0 Å². The van der Waals surface area contributed by atoms with Gasteiger partial charge in [-0.2, -0.15) is 0 Å². The molecule has 2 aromatic carbocycles. The van der Waals surface area contributed by atoms with Crippen LogP contribution in [0.5, 0.6) is 0 Å². The lowest BCUT2D eigenvalue weighted by atomic mass is 10.2. The molecule has 1 aliphatic rings. The first-order valence-electron chi connectivity index (χ1n) is 7.74. The fourth-order valence-corrected chi connectivity index (χ4v) is 5.17. The number of hydrogen-bond acceptors (Lipinski definition) is 4. The van der Waals surface area contributed by atoms with E-state index in [-0.39, 0.29) is 21.7 Å². The van der Waals surface area contributed by atoms with Crippen LogP contribution in [0.2, 0.25) is 0 Å². The number of thioether (sulfide) groups is 1. The SMILES string of the molecule is CC(=O)N1C[C@H](C)Sc2ccc(S(=O)(=O)Nc3ccc(Br)cc3F)cc21. The molecule has 9 heteroatoms. The van der Waals surface area contributed by atoms with Gasteiger partial charge in [-0.1, -0.05) is 22.9 Å². The number of hydrogen-bond donors (Lipinski definition) is 1. The molecule has 26 heavy (non-hydrogen) atoms. The van der Waals surface area contributed by atoms with E-state index < -0.39 is 15.8 Å². The minimum atomic E-state index is -4.00. The number of benzene rings is 2. The van der Waals surface area contributed by atoms with Gasteiger partial charge in [0.1, 0.15) is 5.82 Å². The van der Waals surface area contributed by atoms with Crippen molar-refractivity contribution in [2.45, 2.75) is 28.9 Å². The van der Waals surface area contributed by atoms with Gasteiger partial charge in [-0.15, -0.1) is 11.8 Å². The van der Waals surface area contributed by atoms with E-state index in [2.05, 4.69) is 20.7 Å². The van der Waals surface area contributed by atoms with Crippen molar-refractivity contribution >= 4 is 55.0 Å². The third-order valence-corrected chi connectivity index (χ3v) is 6.86. The third kappa shape index (κ3) is 3.89. The van der Waals surface area contributed by atoms with Gasteiger partial charge < -0.3 is 4.90 Å². The molecule has 0 fully saturated rings. The first-order chi connectivity index (χ1) is 12.2. The van der Waals surface area contributed by atoms with E-state index >= 15 is 0 Å². The highest BCUT2D eigenvalue weighted by molar-refractivity contribution is 9.10. The Balaban J connectivity index is 1.98. The van der Waals surface area contributed by atoms with Crippen molar-refractivity contribution in [2.75, 3.05) is 16.2 Å². The molecular weight excluding hydrogens is 443 g/mol. The number of anilines is 2. The number of rotatable bonds is 3. The Morgan fingerprint density at radius 1 is 1.31 bits per heavy atom. The summed E-state index contributed by atoms with van der Waals surface area (Å²) < 4.78 is 42.1. The summed E-state index contributed by atoms with van der Waals surface area (Å²) in [7, 11) is -4.00. The molecular formula is C17H16BrFN2O3S2. The van der Waals surface area contributed by atoms with Crippen molar-refractivity contribution in [1.82, 2.24) is 0 Å². The van der Waals surface area contributed by atoms with Gasteiger partial charge in [0, 0.05) is 28.1 Å². The van der Waals surface area contributed by atoms with Crippen molar-refractivity contribution < 1.29 is 17.6 Å². The Morgan fingerprint density at radius 2 is 2.04 bits per heavy atom. The Labute approximate surface area is 164 Å². The fourth-order valence-electron chi connectivity index (χ4n) is 2.66. The molecule has 0 aliphatic carbocycles. The summed E-state index contributed by atoms with van der Waals surface area (Å²) in [5, 5.41) is 0.212. The second-order valence-electron chi connectivity index (χ2n) is 5.92. The Kier molecular flexibility index (Phi) is 5.32. The summed E-state index contributed by atoms with van der Waals surface area (Å²) >= 11 is 4.72. The predicted molar refractivity (Wildman–Crippen MR) is 105 cm³/mol. The number of amides is 1. The van der Waals surface area contributed by atoms with E-state index in [1.54, 1.807) is 28.8 Å². The molecule has 2 aromatic rings. The van der Waals surface area contributed by atoms with E-state index in [0.717, 1.165) is 4.90 Å². The molecule has 1 amide bonds. The lowest BCUT2D eigenvalue weighted by Crippen LogP contribution is -2.37. The molecule has 0 radical (unpaired) electrons. The van der Waals surface area contributed by atoms with Crippen molar-refractivity contribution in [3.05, 3.63) is 46.7 Å². The summed E-state index contributed by atoms with van der Waals surface area (Å²) in [4.78, 5) is 14.3. The predicted octanol–water partition coefficient (Wildman–Crippen LogP) is 4.24. The highest BCUT2D eigenvalue weighted by Gasteiger charge is 2.27. The number of nitrogens with zero attached hydrogens (tertiary/aromatic N) is 1. The van der Waals surface area contributed by atoms with Gasteiger partial charge in [0.05, 0.1) is 16.3 Å². The van der Waals surface area contributed by atoms with E-state index in [9.17, 15) is 17.6 Å². The van der Waals surface area contributed by atoms with E-state index in [1.807, 2.05) is 6.92 Å². The van der Waals surface area contributed by atoms with Gasteiger partial charge in [-0.05, 0) is 36.4 Å². The first-order valence-corrected chi connectivity index (χ1v) is 10.9. The number of nitrogens with one attached hydrogen (secondary N) is 1. The number of sulfonamides is 1. The zero-order valence-electron chi connectivity index (χ0n) is 14.0. The lowest BCUT2D eigenvalue weighted by Gasteiger charge is -2.32. The van der Waals surface area contributed by atoms with E-state index in [0.29, 0.717) is 16.7 Å². The maximum Gasteiger partial charge on any atom is 0.262 e. The van der Waals surface area contributed by atoms with Crippen LogP contribution in [0.15, 0.2) is 50.7 Å². The van der Waals surface area contributed by atoms with Crippen LogP contribution in [0.25, 0.3) is 0 Å². The highest BCUT2D eigenvalue weighted by Crippen LogP contribution is 2.40. The van der Waals surface area contributed by atoms with Gasteiger partial charge in [0.2, 0.25) is 5.91 Å². The molecule has 138 valence electrons. The molecule has 0 spiro atoms. The van der Waals surface area contributed by atoms with Crippen LogP contribution in [-0.2, 0) is 14.8 Å². The molecule has 0 unspecified atom stereocenters. The van der Waals surface area contributed by atoms with Crippen molar-refractivity contribution in [3.63, 3.8) is 0 Å². The molecule has 3 rings (SSSR count). The van der Waals surface area contributed by atoms with Crippen LogP contribution in [-0.4, -0.2) is 26.1 Å². The van der Waals surface area contributed by atoms with Gasteiger partial charge >= 0.3 is 0 Å². The number of fused-ring (bicyclic) bond motifs is 1. The molecule has 1 atom stereocenters. The van der Waals surface area contributed by atoms with Gasteiger partial charge in [-0.25, -0.2) is 12.8 Å². The monoisotopic (exact) mass is 458 g/mol. The number of halogens is 2. The average molecular weight is 459 g/mol. The quantitative estimate of drug-likeness (QED) is 0.746. The largest absolute Gasteiger partial charge is 0.310 e. The molecule has 5 nitrogen and oxygen atoms in total. The van der Waals surface area contributed by atoms with Gasteiger partial charge in [-0.3, -0.25) is 9.52 Å². The van der Waals surface area contributed by atoms with Crippen molar-refractivity contribution in [2.24, 2.45) is 0 Å². The molecule has 1 heterocycles. The molecule has 0 saturated heterocycles. The fraction of sp³-hybridized carbons (Fsp3) is 0.235. The van der Waals surface area contributed by atoms with E-state index in [4.69, 9.17) is 0 Å². The van der Waals surface area contributed by atoms with Crippen LogP contribution < -0.4 is 9.62 Å². The molecule has 1 N–H and O–H groups in total. The smallest absolute Gasteiger partial charge is 0.262 e. The Bertz CT molecular complexity index is 982. The molecule has 0 aromatic heterocycles.